The molecule has 2 aliphatic carbocycles. The van der Waals surface area contributed by atoms with Crippen molar-refractivity contribution >= 4 is 11.7 Å². The molecule has 40 heavy (non-hydrogen) atoms. The van der Waals surface area contributed by atoms with E-state index in [4.69, 9.17) is 14.7 Å². The highest BCUT2D eigenvalue weighted by molar-refractivity contribution is 5.87. The molecule has 1 unspecified atom stereocenters. The van der Waals surface area contributed by atoms with E-state index < -0.39 is 0 Å². The summed E-state index contributed by atoms with van der Waals surface area (Å²) in [6, 6.07) is 7.95. The number of halogens is 1. The molecule has 1 amide bonds. The minimum absolute atomic E-state index is 0.128. The molecule has 0 saturated carbocycles. The molecule has 2 aromatic rings. The van der Waals surface area contributed by atoms with Crippen LogP contribution in [0.15, 0.2) is 30.9 Å². The minimum Gasteiger partial charge on any atom is -0.462 e. The van der Waals surface area contributed by atoms with E-state index in [1.807, 2.05) is 6.07 Å². The summed E-state index contributed by atoms with van der Waals surface area (Å²) in [6.07, 6.45) is 8.19. The third-order valence-electron chi connectivity index (χ3n) is 9.57. The second kappa shape index (κ2) is 10.8. The Bertz CT molecular complexity index is 1360. The van der Waals surface area contributed by atoms with Gasteiger partial charge in [-0.15, -0.1) is 0 Å². The quantitative estimate of drug-likeness (QED) is 0.514. The number of anilines is 1. The summed E-state index contributed by atoms with van der Waals surface area (Å²) in [5, 5.41) is 9.49. The van der Waals surface area contributed by atoms with Crippen molar-refractivity contribution in [2.75, 3.05) is 44.7 Å². The molecule has 9 heteroatoms. The molecule has 210 valence electrons. The first-order valence-electron chi connectivity index (χ1n) is 14.5. The minimum atomic E-state index is -0.244. The summed E-state index contributed by atoms with van der Waals surface area (Å²) in [6.45, 7) is 6.86. The first-order valence-corrected chi connectivity index (χ1v) is 14.5. The first-order chi connectivity index (χ1) is 19.4. The van der Waals surface area contributed by atoms with Gasteiger partial charge in [0.05, 0.1) is 24.2 Å². The van der Waals surface area contributed by atoms with Crippen molar-refractivity contribution in [2.24, 2.45) is 0 Å². The molecule has 8 nitrogen and oxygen atoms in total. The molecule has 0 radical (unpaired) electrons. The van der Waals surface area contributed by atoms with Crippen LogP contribution in [0.3, 0.4) is 0 Å². The van der Waals surface area contributed by atoms with Gasteiger partial charge in [0, 0.05) is 36.7 Å². The number of aromatic nitrogens is 2. The number of likely N-dealkylation sites (tertiary alicyclic amines) is 1. The molecule has 4 aliphatic rings. The molecule has 6 rings (SSSR count). The number of hydrogen-bond donors (Lipinski definition) is 0. The first kappa shape index (κ1) is 26.7. The third kappa shape index (κ3) is 4.83. The number of carbonyl (C=O) groups excluding carboxylic acids is 1. The smallest absolute Gasteiger partial charge is 0.318 e. The van der Waals surface area contributed by atoms with E-state index in [-0.39, 0.29) is 29.6 Å². The van der Waals surface area contributed by atoms with Crippen molar-refractivity contribution in [3.63, 3.8) is 0 Å². The van der Waals surface area contributed by atoms with Gasteiger partial charge in [0.2, 0.25) is 5.91 Å². The molecular weight excluding hydrogens is 507 g/mol. The van der Waals surface area contributed by atoms with Gasteiger partial charge in [-0.05, 0) is 87.9 Å². The van der Waals surface area contributed by atoms with Gasteiger partial charge in [0.25, 0.3) is 0 Å². The summed E-state index contributed by atoms with van der Waals surface area (Å²) < 4.78 is 20.6. The number of hydrogen-bond acceptors (Lipinski definition) is 7. The molecule has 1 spiro atoms. The zero-order chi connectivity index (χ0) is 27.9. The number of likely N-dealkylation sites (N-methyl/N-ethyl adjacent to an activating group) is 1. The maximum atomic E-state index is 14.3. The number of amides is 1. The van der Waals surface area contributed by atoms with Crippen LogP contribution in [0.25, 0.3) is 0 Å². The average molecular weight is 545 g/mol. The normalized spacial score (nSPS) is 25.9. The lowest BCUT2D eigenvalue weighted by molar-refractivity contribution is -0.128. The van der Waals surface area contributed by atoms with E-state index in [0.29, 0.717) is 38.3 Å². The molecule has 1 aromatic carbocycles. The van der Waals surface area contributed by atoms with Crippen LogP contribution in [-0.4, -0.2) is 77.6 Å². The fourth-order valence-electron chi connectivity index (χ4n) is 7.30. The number of rotatable bonds is 6. The highest BCUT2D eigenvalue weighted by Crippen LogP contribution is 2.49. The Morgan fingerprint density at radius 2 is 2.10 bits per heavy atom. The van der Waals surface area contributed by atoms with Crippen LogP contribution in [0.4, 0.5) is 10.2 Å². The summed E-state index contributed by atoms with van der Waals surface area (Å²) in [7, 11) is 2.12. The third-order valence-corrected chi connectivity index (χ3v) is 9.57. The zero-order valence-electron chi connectivity index (χ0n) is 23.2. The lowest BCUT2D eigenvalue weighted by atomic mass is 9.69. The number of piperazine rings is 1. The van der Waals surface area contributed by atoms with Crippen molar-refractivity contribution in [1.82, 2.24) is 19.8 Å². The van der Waals surface area contributed by atoms with Crippen LogP contribution in [0.1, 0.15) is 54.5 Å². The van der Waals surface area contributed by atoms with E-state index in [1.54, 1.807) is 17.0 Å². The number of aryl methyl sites for hydroxylation is 1. The van der Waals surface area contributed by atoms with Gasteiger partial charge in [-0.1, -0.05) is 12.6 Å². The van der Waals surface area contributed by atoms with E-state index in [2.05, 4.69) is 29.5 Å². The van der Waals surface area contributed by atoms with Crippen LogP contribution in [0, 0.1) is 17.1 Å². The predicted molar refractivity (Wildman–Crippen MR) is 150 cm³/mol. The average Bonchev–Trinajstić information content (AvgIpc) is 3.53. The molecule has 2 saturated heterocycles. The van der Waals surface area contributed by atoms with Crippen molar-refractivity contribution in [3.8, 4) is 12.1 Å². The molecule has 2 aliphatic heterocycles. The second-order valence-electron chi connectivity index (χ2n) is 11.8. The monoisotopic (exact) mass is 544 g/mol. The van der Waals surface area contributed by atoms with Crippen molar-refractivity contribution < 1.29 is 13.9 Å². The van der Waals surface area contributed by atoms with Crippen LogP contribution < -0.4 is 9.64 Å². The van der Waals surface area contributed by atoms with Crippen LogP contribution in [0.2, 0.25) is 0 Å². The molecule has 3 heterocycles. The number of ether oxygens (including phenoxy) is 1. The number of fused-ring (bicyclic) bond motifs is 3. The van der Waals surface area contributed by atoms with Crippen LogP contribution in [0.5, 0.6) is 6.01 Å². The van der Waals surface area contributed by atoms with Gasteiger partial charge in [-0.2, -0.15) is 15.2 Å². The Hall–Kier alpha value is -3.51. The molecule has 0 bridgehead atoms. The Balaban J connectivity index is 1.34. The summed E-state index contributed by atoms with van der Waals surface area (Å²) >= 11 is 0. The highest BCUT2D eigenvalue weighted by atomic mass is 19.1. The Labute approximate surface area is 235 Å². The Kier molecular flexibility index (Phi) is 7.22. The number of nitrogens with zero attached hydrogens (tertiary/aromatic N) is 6. The van der Waals surface area contributed by atoms with Crippen molar-refractivity contribution in [2.45, 2.75) is 68.9 Å². The van der Waals surface area contributed by atoms with Gasteiger partial charge in [0.1, 0.15) is 18.2 Å². The number of nitriles is 1. The molecule has 3 atom stereocenters. The molecular formula is C31H37FN6O2. The fraction of sp³-hybridized carbons (Fsp3) is 0.548. The SMILES string of the molecule is C=CC(=O)N1CCN(c2nc(OC[C@@H]3CCCN3C)nc3c2CCC2(CCc4ccc(F)cc42)C3)C[C@@H]1CC#N. The van der Waals surface area contributed by atoms with Gasteiger partial charge in [-0.25, -0.2) is 4.39 Å². The van der Waals surface area contributed by atoms with Crippen LogP contribution in [-0.2, 0) is 29.5 Å². The standard InChI is InChI=1S/C31H37FN6O2/c1-3-28(39)38-16-15-37(19-23(38)10-13-33)29-25-9-12-31(11-8-21-6-7-22(32)17-26(21)31)18-27(25)34-30(35-29)40-20-24-5-4-14-36(24)2/h3,6-7,17,23-24H,1,4-5,8-12,14-16,18-20H2,2H3/t23-,24-,31?/m0/s1. The van der Waals surface area contributed by atoms with Crippen molar-refractivity contribution in [1.29, 1.82) is 5.26 Å². The summed E-state index contributed by atoms with van der Waals surface area (Å²) in [5.74, 6) is 0.513. The topological polar surface area (TPSA) is 85.6 Å². The summed E-state index contributed by atoms with van der Waals surface area (Å²) in [5.41, 5.74) is 4.32. The van der Waals surface area contributed by atoms with Gasteiger partial charge in [0.15, 0.2) is 0 Å². The van der Waals surface area contributed by atoms with Gasteiger partial charge >= 0.3 is 6.01 Å². The molecule has 2 fully saturated rings. The van der Waals surface area contributed by atoms with E-state index >= 15 is 0 Å². The van der Waals surface area contributed by atoms with E-state index in [1.165, 1.54) is 11.6 Å². The number of benzene rings is 1. The Morgan fingerprint density at radius 1 is 1.25 bits per heavy atom. The summed E-state index contributed by atoms with van der Waals surface area (Å²) in [4.78, 5) is 28.7. The fourth-order valence-corrected chi connectivity index (χ4v) is 7.30. The lowest BCUT2D eigenvalue weighted by Gasteiger charge is -2.42. The molecule has 1 aromatic heterocycles. The van der Waals surface area contributed by atoms with E-state index in [0.717, 1.165) is 74.1 Å². The second-order valence-corrected chi connectivity index (χ2v) is 11.8. The largest absolute Gasteiger partial charge is 0.462 e. The van der Waals surface area contributed by atoms with Crippen LogP contribution >= 0.6 is 0 Å². The maximum Gasteiger partial charge on any atom is 0.318 e. The number of carbonyl (C=O) groups is 1. The van der Waals surface area contributed by atoms with Crippen molar-refractivity contribution in [3.05, 3.63) is 59.1 Å². The molecule has 0 N–H and O–H groups in total. The van der Waals surface area contributed by atoms with Gasteiger partial charge < -0.3 is 19.4 Å². The maximum absolute atomic E-state index is 14.3. The van der Waals surface area contributed by atoms with Gasteiger partial charge in [-0.3, -0.25) is 4.79 Å². The lowest BCUT2D eigenvalue weighted by Crippen LogP contribution is -2.55. The zero-order valence-corrected chi connectivity index (χ0v) is 23.2. The predicted octanol–water partition coefficient (Wildman–Crippen LogP) is 3.58. The van der Waals surface area contributed by atoms with E-state index in [9.17, 15) is 14.4 Å². The highest BCUT2D eigenvalue weighted by Gasteiger charge is 2.44. The Morgan fingerprint density at radius 3 is 2.88 bits per heavy atom.